The van der Waals surface area contributed by atoms with Gasteiger partial charge in [0.15, 0.2) is 0 Å². The van der Waals surface area contributed by atoms with E-state index in [1.807, 2.05) is 0 Å². The van der Waals surface area contributed by atoms with Crippen LogP contribution in [0.15, 0.2) is 24.3 Å². The summed E-state index contributed by atoms with van der Waals surface area (Å²) in [5.41, 5.74) is 0. The number of ether oxygens (including phenoxy) is 1. The van der Waals surface area contributed by atoms with E-state index in [2.05, 4.69) is 74.3 Å². The van der Waals surface area contributed by atoms with E-state index in [1.165, 1.54) is 161 Å². The molecule has 0 aromatic carbocycles. The van der Waals surface area contributed by atoms with Gasteiger partial charge in [0.2, 0.25) is 5.91 Å². The molecule has 0 radical (unpaired) electrons. The maximum atomic E-state index is 12.9. The van der Waals surface area contributed by atoms with Gasteiger partial charge in [0.25, 0.3) is 0 Å². The Kier molecular flexibility index (Phi) is 40.2. The summed E-state index contributed by atoms with van der Waals surface area (Å²) in [5.74, 6) is 0.515. The number of esters is 1. The molecule has 0 rings (SSSR count). The summed E-state index contributed by atoms with van der Waals surface area (Å²) in [6.45, 7) is 11.2. The maximum absolute atomic E-state index is 12.9. The van der Waals surface area contributed by atoms with Gasteiger partial charge in [0.1, 0.15) is 0 Å². The van der Waals surface area contributed by atoms with Crippen molar-refractivity contribution in [3.8, 4) is 0 Å². The van der Waals surface area contributed by atoms with E-state index in [0.29, 0.717) is 38.5 Å². The highest BCUT2D eigenvalue weighted by atomic mass is 16.5. The third kappa shape index (κ3) is 39.8. The van der Waals surface area contributed by atoms with Gasteiger partial charge in [0.05, 0.1) is 13.0 Å². The fraction of sp³-hybridized carbons (Fsp3) is 0.872. The number of hydrogen-bond acceptors (Lipinski definition) is 5. The van der Waals surface area contributed by atoms with Crippen LogP contribution in [0.5, 0.6) is 0 Å². The molecule has 0 saturated heterocycles. The summed E-state index contributed by atoms with van der Waals surface area (Å²) in [6.07, 6.45) is 44.3. The van der Waals surface area contributed by atoms with Crippen LogP contribution >= 0.6 is 0 Å². The van der Waals surface area contributed by atoms with Crippen molar-refractivity contribution < 1.29 is 14.3 Å². The van der Waals surface area contributed by atoms with Gasteiger partial charge in [-0.2, -0.15) is 0 Å². The number of rotatable bonds is 41. The Balaban J connectivity index is 4.30. The molecule has 0 aromatic rings. The maximum Gasteiger partial charge on any atom is 0.307 e. The standard InChI is InChI=1S/C47H91N3O3/c1-6-9-12-15-18-19-20-21-22-23-24-25-26-28-31-34-39-48-46(51)37-40-50(43-42-49(4)5)41-38-47(52)53-44-45(35-32-29-17-14-11-8-3)36-33-30-27-16-13-10-7-2/h18-19,21-22,45H,6-17,20,23-44H2,1-5H3,(H,48,51)/b19-18-,22-21-. The number of likely N-dealkylation sites (N-methyl/N-ethyl adjacent to an activating group) is 1. The molecule has 1 amide bonds. The minimum Gasteiger partial charge on any atom is -0.465 e. The summed E-state index contributed by atoms with van der Waals surface area (Å²) in [5, 5.41) is 3.13. The zero-order valence-electron chi connectivity index (χ0n) is 36.3. The van der Waals surface area contributed by atoms with Crippen molar-refractivity contribution in [3.63, 3.8) is 0 Å². The molecule has 6 nitrogen and oxygen atoms in total. The Morgan fingerprint density at radius 3 is 1.58 bits per heavy atom. The first-order valence-electron chi connectivity index (χ1n) is 23.0. The molecule has 1 N–H and O–H groups in total. The number of nitrogens with one attached hydrogen (secondary N) is 1. The summed E-state index contributed by atoms with van der Waals surface area (Å²) in [4.78, 5) is 30.0. The summed E-state index contributed by atoms with van der Waals surface area (Å²) < 4.78 is 5.89. The number of carbonyl (C=O) groups is 2. The van der Waals surface area contributed by atoms with Gasteiger partial charge < -0.3 is 19.9 Å². The van der Waals surface area contributed by atoms with Gasteiger partial charge in [-0.1, -0.05) is 167 Å². The second kappa shape index (κ2) is 41.5. The van der Waals surface area contributed by atoms with Gasteiger partial charge in [-0.3, -0.25) is 9.59 Å². The van der Waals surface area contributed by atoms with Crippen LogP contribution in [0.1, 0.15) is 207 Å². The minimum absolute atomic E-state index is 0.0887. The van der Waals surface area contributed by atoms with Crippen molar-refractivity contribution in [1.29, 1.82) is 0 Å². The molecule has 1 atom stereocenters. The number of unbranched alkanes of at least 4 members (excludes halogenated alkanes) is 20. The SMILES string of the molecule is CCCCC/C=C\C/C=C\CCCCCCCCNC(=O)CCN(CCC(=O)OCC(CCCCCCCC)CCCCCCCCC)CCN(C)C. The molecule has 53 heavy (non-hydrogen) atoms. The van der Waals surface area contributed by atoms with Crippen LogP contribution in [0.2, 0.25) is 0 Å². The molecule has 0 aliphatic rings. The average Bonchev–Trinajstić information content (AvgIpc) is 3.15. The first kappa shape index (κ1) is 51.3. The molecule has 6 heteroatoms. The Morgan fingerprint density at radius 2 is 1.02 bits per heavy atom. The lowest BCUT2D eigenvalue weighted by Crippen LogP contribution is -2.37. The van der Waals surface area contributed by atoms with Gasteiger partial charge >= 0.3 is 5.97 Å². The van der Waals surface area contributed by atoms with Crippen LogP contribution in [0, 0.1) is 5.92 Å². The highest BCUT2D eigenvalue weighted by molar-refractivity contribution is 5.76. The number of hydrogen-bond donors (Lipinski definition) is 1. The molecule has 0 bridgehead atoms. The lowest BCUT2D eigenvalue weighted by molar-refractivity contribution is -0.145. The van der Waals surface area contributed by atoms with Crippen LogP contribution in [-0.4, -0.2) is 75.1 Å². The second-order valence-electron chi connectivity index (χ2n) is 16.1. The van der Waals surface area contributed by atoms with Gasteiger partial charge in [-0.15, -0.1) is 0 Å². The zero-order valence-corrected chi connectivity index (χ0v) is 36.3. The molecule has 0 heterocycles. The average molecular weight is 746 g/mol. The molecular formula is C47H91N3O3. The zero-order chi connectivity index (χ0) is 38.9. The van der Waals surface area contributed by atoms with Crippen molar-refractivity contribution in [3.05, 3.63) is 24.3 Å². The van der Waals surface area contributed by atoms with E-state index in [1.54, 1.807) is 0 Å². The summed E-state index contributed by atoms with van der Waals surface area (Å²) in [6, 6.07) is 0. The Labute approximate surface area is 331 Å². The van der Waals surface area contributed by atoms with E-state index in [0.717, 1.165) is 32.5 Å². The Bertz CT molecular complexity index is 843. The topological polar surface area (TPSA) is 61.9 Å². The van der Waals surface area contributed by atoms with Gasteiger partial charge in [-0.25, -0.2) is 0 Å². The number of amides is 1. The molecule has 0 aliphatic carbocycles. The first-order valence-corrected chi connectivity index (χ1v) is 23.0. The van der Waals surface area contributed by atoms with E-state index in [4.69, 9.17) is 4.74 Å². The number of allylic oxidation sites excluding steroid dienone is 4. The third-order valence-electron chi connectivity index (χ3n) is 10.5. The number of nitrogens with zero attached hydrogens (tertiary/aromatic N) is 2. The smallest absolute Gasteiger partial charge is 0.307 e. The fourth-order valence-corrected chi connectivity index (χ4v) is 6.81. The lowest BCUT2D eigenvalue weighted by atomic mass is 9.94. The molecule has 0 aromatic heterocycles. The van der Waals surface area contributed by atoms with Crippen molar-refractivity contribution in [2.24, 2.45) is 5.92 Å². The highest BCUT2D eigenvalue weighted by Crippen LogP contribution is 2.20. The predicted molar refractivity (Wildman–Crippen MR) is 232 cm³/mol. The second-order valence-corrected chi connectivity index (χ2v) is 16.1. The lowest BCUT2D eigenvalue weighted by Gasteiger charge is -2.24. The summed E-state index contributed by atoms with van der Waals surface area (Å²) in [7, 11) is 4.14. The normalized spacial score (nSPS) is 12.5. The molecule has 0 spiro atoms. The largest absolute Gasteiger partial charge is 0.465 e. The van der Waals surface area contributed by atoms with Crippen molar-refractivity contribution in [2.45, 2.75) is 207 Å². The van der Waals surface area contributed by atoms with Crippen LogP contribution in [0.25, 0.3) is 0 Å². The Hall–Kier alpha value is -1.66. The van der Waals surface area contributed by atoms with E-state index in [9.17, 15) is 9.59 Å². The monoisotopic (exact) mass is 746 g/mol. The van der Waals surface area contributed by atoms with Crippen LogP contribution < -0.4 is 5.32 Å². The fourth-order valence-electron chi connectivity index (χ4n) is 6.81. The number of carbonyl (C=O) groups excluding carboxylic acids is 2. The molecular weight excluding hydrogens is 655 g/mol. The molecule has 0 saturated carbocycles. The van der Waals surface area contributed by atoms with E-state index >= 15 is 0 Å². The molecule has 312 valence electrons. The quantitative estimate of drug-likeness (QED) is 0.0383. The van der Waals surface area contributed by atoms with Crippen molar-refractivity contribution in [1.82, 2.24) is 15.1 Å². The highest BCUT2D eigenvalue weighted by Gasteiger charge is 2.15. The van der Waals surface area contributed by atoms with Crippen molar-refractivity contribution >= 4 is 11.9 Å². The van der Waals surface area contributed by atoms with Crippen LogP contribution in [0.3, 0.4) is 0 Å². The minimum atomic E-state index is -0.0887. The van der Waals surface area contributed by atoms with E-state index in [-0.39, 0.29) is 11.9 Å². The van der Waals surface area contributed by atoms with Gasteiger partial charge in [0, 0.05) is 39.1 Å². The van der Waals surface area contributed by atoms with Crippen LogP contribution in [0.4, 0.5) is 0 Å². The molecule has 0 aliphatic heterocycles. The summed E-state index contributed by atoms with van der Waals surface area (Å²) >= 11 is 0. The predicted octanol–water partition coefficient (Wildman–Crippen LogP) is 12.6. The van der Waals surface area contributed by atoms with E-state index < -0.39 is 0 Å². The third-order valence-corrected chi connectivity index (χ3v) is 10.5. The van der Waals surface area contributed by atoms with Gasteiger partial charge in [-0.05, 0) is 71.4 Å². The van der Waals surface area contributed by atoms with Crippen LogP contribution in [-0.2, 0) is 14.3 Å². The Morgan fingerprint density at radius 1 is 0.547 bits per heavy atom. The first-order chi connectivity index (χ1) is 25.9. The molecule has 1 unspecified atom stereocenters. The van der Waals surface area contributed by atoms with Crippen molar-refractivity contribution in [2.75, 3.05) is 53.4 Å². The molecule has 0 fully saturated rings.